The number of rotatable bonds is 5. The summed E-state index contributed by atoms with van der Waals surface area (Å²) in [4.78, 5) is 31.9. The number of aromatic nitrogens is 2. The molecule has 0 spiro atoms. The summed E-state index contributed by atoms with van der Waals surface area (Å²) in [6.45, 7) is 8.16. The van der Waals surface area contributed by atoms with Gasteiger partial charge in [-0.25, -0.2) is 9.18 Å². The molecule has 7 nitrogen and oxygen atoms in total. The number of aryl methyl sites for hydroxylation is 2. The molecule has 0 amide bonds. The first-order chi connectivity index (χ1) is 16.4. The molecular weight excluding hydrogens is 435 g/mol. The summed E-state index contributed by atoms with van der Waals surface area (Å²) >= 11 is 0. The summed E-state index contributed by atoms with van der Waals surface area (Å²) in [5, 5.41) is 10.7. The van der Waals surface area contributed by atoms with Crippen LogP contribution in [0, 0.1) is 12.7 Å². The summed E-state index contributed by atoms with van der Waals surface area (Å²) in [7, 11) is 0. The highest BCUT2D eigenvalue weighted by Crippen LogP contribution is 2.27. The van der Waals surface area contributed by atoms with Gasteiger partial charge in [0, 0.05) is 67.4 Å². The molecule has 0 atom stereocenters. The van der Waals surface area contributed by atoms with Crippen LogP contribution in [0.2, 0.25) is 0 Å². The van der Waals surface area contributed by atoms with Crippen LogP contribution in [0.5, 0.6) is 0 Å². The van der Waals surface area contributed by atoms with Crippen molar-refractivity contribution >= 4 is 33.5 Å². The Morgan fingerprint density at radius 3 is 2.53 bits per heavy atom. The zero-order chi connectivity index (χ0) is 24.0. The van der Waals surface area contributed by atoms with Crippen LogP contribution in [0.25, 0.3) is 21.8 Å². The van der Waals surface area contributed by atoms with E-state index in [-0.39, 0.29) is 10.9 Å². The molecule has 2 aromatic heterocycles. The minimum absolute atomic E-state index is 0.0934. The van der Waals surface area contributed by atoms with Crippen molar-refractivity contribution in [1.29, 1.82) is 0 Å². The smallest absolute Gasteiger partial charge is 0.341 e. The monoisotopic (exact) mass is 462 g/mol. The topological polar surface area (TPSA) is 81.6 Å². The highest BCUT2D eigenvalue weighted by Gasteiger charge is 2.23. The lowest BCUT2D eigenvalue weighted by atomic mass is 10.1. The van der Waals surface area contributed by atoms with Crippen molar-refractivity contribution in [2.24, 2.45) is 0 Å². The van der Waals surface area contributed by atoms with Crippen molar-refractivity contribution in [1.82, 2.24) is 14.5 Å². The number of carboxylic acids is 1. The minimum Gasteiger partial charge on any atom is -0.477 e. The molecule has 1 fully saturated rings. The summed E-state index contributed by atoms with van der Waals surface area (Å²) in [6.07, 6.45) is 1.34. The molecule has 3 heterocycles. The number of hydrogen-bond donors (Lipinski definition) is 2. The first-order valence-corrected chi connectivity index (χ1v) is 11.5. The fourth-order valence-corrected chi connectivity index (χ4v) is 4.92. The number of nitrogens with zero attached hydrogens (tertiary/aromatic N) is 3. The standard InChI is InChI=1S/C26H27FN4O3/c1-3-30-14-19(26(33)34)25(32)18-12-20(27)24(13-23(18)30)31-10-8-29(9-11-31)15-22-16(2)17-6-4-5-7-21(17)28-22/h4-7,12-14,28H,3,8-11,15H2,1-2H3,(H,33,34). The van der Waals surface area contributed by atoms with Gasteiger partial charge in [-0.05, 0) is 37.6 Å². The number of carbonyl (C=O) groups is 1. The molecule has 8 heteroatoms. The van der Waals surface area contributed by atoms with Crippen LogP contribution >= 0.6 is 0 Å². The van der Waals surface area contributed by atoms with Crippen LogP contribution in [-0.2, 0) is 13.1 Å². The molecule has 5 rings (SSSR count). The van der Waals surface area contributed by atoms with Gasteiger partial charge in [0.05, 0.1) is 11.2 Å². The first-order valence-electron chi connectivity index (χ1n) is 11.5. The number of benzene rings is 2. The largest absolute Gasteiger partial charge is 0.477 e. The third kappa shape index (κ3) is 3.74. The number of aromatic amines is 1. The Balaban J connectivity index is 1.38. The van der Waals surface area contributed by atoms with Crippen LogP contribution < -0.4 is 10.3 Å². The van der Waals surface area contributed by atoms with Crippen LogP contribution in [0.1, 0.15) is 28.5 Å². The summed E-state index contributed by atoms with van der Waals surface area (Å²) < 4.78 is 16.8. The quantitative estimate of drug-likeness (QED) is 0.469. The molecular formula is C26H27FN4O3. The number of para-hydroxylation sites is 1. The normalized spacial score (nSPS) is 14.9. The van der Waals surface area contributed by atoms with E-state index in [1.807, 2.05) is 24.0 Å². The minimum atomic E-state index is -1.31. The Hall–Kier alpha value is -3.65. The number of fused-ring (bicyclic) bond motifs is 2. The van der Waals surface area contributed by atoms with E-state index in [4.69, 9.17) is 0 Å². The third-order valence-electron chi connectivity index (χ3n) is 6.88. The van der Waals surface area contributed by atoms with E-state index >= 15 is 4.39 Å². The number of carboxylic acid groups (broad SMARTS) is 1. The molecule has 2 aromatic carbocycles. The van der Waals surface area contributed by atoms with E-state index in [2.05, 4.69) is 28.9 Å². The number of aromatic carboxylic acids is 1. The molecule has 0 aliphatic carbocycles. The predicted molar refractivity (Wildman–Crippen MR) is 131 cm³/mol. The number of pyridine rings is 1. The van der Waals surface area contributed by atoms with Crippen molar-refractivity contribution in [3.8, 4) is 0 Å². The maximum atomic E-state index is 15.1. The summed E-state index contributed by atoms with van der Waals surface area (Å²) in [5.41, 5.74) is 3.59. The lowest BCUT2D eigenvalue weighted by molar-refractivity contribution is 0.0695. The molecule has 4 aromatic rings. The summed E-state index contributed by atoms with van der Waals surface area (Å²) in [5.74, 6) is -1.81. The molecule has 1 aliphatic heterocycles. The van der Waals surface area contributed by atoms with Gasteiger partial charge in [0.15, 0.2) is 0 Å². The number of H-pyrrole nitrogens is 1. The van der Waals surface area contributed by atoms with Gasteiger partial charge < -0.3 is 19.6 Å². The third-order valence-corrected chi connectivity index (χ3v) is 6.88. The van der Waals surface area contributed by atoms with Gasteiger partial charge in [-0.2, -0.15) is 0 Å². The number of piperazine rings is 1. The maximum absolute atomic E-state index is 15.1. The molecule has 34 heavy (non-hydrogen) atoms. The lowest BCUT2D eigenvalue weighted by Gasteiger charge is -2.36. The van der Waals surface area contributed by atoms with E-state index in [9.17, 15) is 14.7 Å². The van der Waals surface area contributed by atoms with E-state index in [0.29, 0.717) is 30.8 Å². The highest BCUT2D eigenvalue weighted by molar-refractivity contribution is 5.93. The fraction of sp³-hybridized carbons (Fsp3) is 0.308. The van der Waals surface area contributed by atoms with Gasteiger partial charge in [0.25, 0.3) is 0 Å². The average Bonchev–Trinajstić information content (AvgIpc) is 3.15. The van der Waals surface area contributed by atoms with Crippen LogP contribution in [0.15, 0.2) is 47.4 Å². The Morgan fingerprint density at radius 1 is 1.12 bits per heavy atom. The number of halogens is 1. The second-order valence-electron chi connectivity index (χ2n) is 8.82. The molecule has 0 radical (unpaired) electrons. The van der Waals surface area contributed by atoms with Gasteiger partial charge in [0.2, 0.25) is 5.43 Å². The van der Waals surface area contributed by atoms with E-state index < -0.39 is 17.2 Å². The van der Waals surface area contributed by atoms with Crippen molar-refractivity contribution in [3.05, 3.63) is 75.5 Å². The highest BCUT2D eigenvalue weighted by atomic mass is 19.1. The Bertz CT molecular complexity index is 1460. The SMILES string of the molecule is CCn1cc(C(=O)O)c(=O)c2cc(F)c(N3CCN(Cc4[nH]c5ccccc5c4C)CC3)cc21. The van der Waals surface area contributed by atoms with Crippen LogP contribution in [0.4, 0.5) is 10.1 Å². The molecule has 1 saturated heterocycles. The van der Waals surface area contributed by atoms with E-state index in [1.165, 1.54) is 28.9 Å². The molecule has 2 N–H and O–H groups in total. The molecule has 0 unspecified atom stereocenters. The number of anilines is 1. The van der Waals surface area contributed by atoms with Crippen LogP contribution in [0.3, 0.4) is 0 Å². The van der Waals surface area contributed by atoms with Crippen LogP contribution in [-0.4, -0.2) is 51.7 Å². The number of nitrogens with one attached hydrogen (secondary N) is 1. The van der Waals surface area contributed by atoms with Gasteiger partial charge in [0.1, 0.15) is 11.4 Å². The van der Waals surface area contributed by atoms with Crippen molar-refractivity contribution in [2.45, 2.75) is 26.9 Å². The van der Waals surface area contributed by atoms with Crippen molar-refractivity contribution < 1.29 is 14.3 Å². The Morgan fingerprint density at radius 2 is 1.85 bits per heavy atom. The average molecular weight is 463 g/mol. The van der Waals surface area contributed by atoms with Gasteiger partial charge >= 0.3 is 5.97 Å². The predicted octanol–water partition coefficient (Wildman–Crippen LogP) is 3.97. The van der Waals surface area contributed by atoms with E-state index in [1.54, 1.807) is 10.6 Å². The van der Waals surface area contributed by atoms with Crippen molar-refractivity contribution in [3.63, 3.8) is 0 Å². The second kappa shape index (κ2) is 8.61. The Labute approximate surface area is 196 Å². The molecule has 1 aliphatic rings. The Kier molecular flexibility index (Phi) is 5.61. The molecule has 0 bridgehead atoms. The zero-order valence-electron chi connectivity index (χ0n) is 19.3. The summed E-state index contributed by atoms with van der Waals surface area (Å²) in [6, 6.07) is 11.1. The fourth-order valence-electron chi connectivity index (χ4n) is 4.92. The van der Waals surface area contributed by atoms with E-state index in [0.717, 1.165) is 25.2 Å². The molecule has 0 saturated carbocycles. The molecule has 176 valence electrons. The van der Waals surface area contributed by atoms with Crippen molar-refractivity contribution in [2.75, 3.05) is 31.1 Å². The number of hydrogen-bond acceptors (Lipinski definition) is 4. The van der Waals surface area contributed by atoms with Gasteiger partial charge in [-0.1, -0.05) is 18.2 Å². The zero-order valence-corrected chi connectivity index (χ0v) is 19.3. The second-order valence-corrected chi connectivity index (χ2v) is 8.82. The maximum Gasteiger partial charge on any atom is 0.341 e. The van der Waals surface area contributed by atoms with Gasteiger partial charge in [-0.15, -0.1) is 0 Å². The first kappa shape index (κ1) is 22.2. The van der Waals surface area contributed by atoms with Gasteiger partial charge in [-0.3, -0.25) is 9.69 Å². The lowest BCUT2D eigenvalue weighted by Crippen LogP contribution is -2.46.